The van der Waals surface area contributed by atoms with E-state index in [-0.39, 0.29) is 29.8 Å². The number of aliphatic hydroxyl groups is 2. The highest BCUT2D eigenvalue weighted by molar-refractivity contribution is 7.98. The lowest BCUT2D eigenvalue weighted by Crippen LogP contribution is -2.45. The average molecular weight is 537 g/mol. The van der Waals surface area contributed by atoms with E-state index in [1.165, 1.54) is 0 Å². The number of ether oxygens (including phenoxy) is 2. The molecule has 7 atom stereocenters. The first kappa shape index (κ1) is 29.9. The maximum atomic E-state index is 13.3. The highest BCUT2D eigenvalue weighted by Crippen LogP contribution is 2.45. The van der Waals surface area contributed by atoms with Crippen molar-refractivity contribution < 1.29 is 29.3 Å². The van der Waals surface area contributed by atoms with Crippen molar-refractivity contribution in [3.8, 4) is 0 Å². The Bertz CT molecular complexity index is 1020. The summed E-state index contributed by atoms with van der Waals surface area (Å²) in [7, 11) is 1.89. The third-order valence-corrected chi connectivity index (χ3v) is 9.16. The summed E-state index contributed by atoms with van der Waals surface area (Å²) in [5, 5.41) is 27.3. The third kappa shape index (κ3) is 6.85. The predicted octanol–water partition coefficient (Wildman–Crippen LogP) is 4.17. The molecule has 0 saturated carbocycles. The third-order valence-electron chi connectivity index (χ3n) is 8.36. The van der Waals surface area contributed by atoms with E-state index in [1.54, 1.807) is 32.5 Å². The van der Waals surface area contributed by atoms with Gasteiger partial charge in [-0.1, -0.05) is 34.1 Å². The normalized spacial score (nSPS) is 36.1. The number of aryl methyl sites for hydroxylation is 1. The van der Waals surface area contributed by atoms with Gasteiger partial charge in [-0.3, -0.25) is 14.3 Å². The molecule has 0 amide bonds. The van der Waals surface area contributed by atoms with E-state index in [1.807, 2.05) is 44.0 Å². The highest BCUT2D eigenvalue weighted by Gasteiger charge is 2.53. The van der Waals surface area contributed by atoms with Gasteiger partial charge in [0.05, 0.1) is 46.5 Å². The van der Waals surface area contributed by atoms with Crippen molar-refractivity contribution >= 4 is 29.6 Å². The number of fused-ring (bicyclic) bond motifs is 1. The monoisotopic (exact) mass is 536 g/mol. The molecule has 2 aliphatic heterocycles. The maximum Gasteiger partial charge on any atom is 0.309 e. The van der Waals surface area contributed by atoms with Gasteiger partial charge in [-0.05, 0) is 56.6 Å². The standard InChI is InChI=1S/C28H44N2O6S/c1-16-10-9-11-28(6)22(36-28)14-20(17(2)12-19-13-23(37-8)30(7)29-19)35-24(32)15-21(31)27(4,5)26(34)18(3)25(16)33/h12-13,16,18,20-22,25,31,33H,9-11,14-15H2,1-8H3/b17-12+/t16-,18+,20-,21-,22-,25-,28+/m0/s1. The fraction of sp³-hybridized carbons (Fsp3) is 0.750. The summed E-state index contributed by atoms with van der Waals surface area (Å²) < 4.78 is 13.8. The Morgan fingerprint density at radius 1 is 1.24 bits per heavy atom. The van der Waals surface area contributed by atoms with E-state index < -0.39 is 35.6 Å². The van der Waals surface area contributed by atoms with Crippen molar-refractivity contribution in [2.45, 2.75) is 109 Å². The minimum atomic E-state index is -1.24. The molecule has 2 saturated heterocycles. The van der Waals surface area contributed by atoms with Crippen molar-refractivity contribution in [2.75, 3.05) is 6.26 Å². The van der Waals surface area contributed by atoms with E-state index in [0.29, 0.717) is 6.42 Å². The van der Waals surface area contributed by atoms with Gasteiger partial charge in [-0.25, -0.2) is 0 Å². The SMILES string of the molecule is CSc1cc(/C=C(\C)[C@@H]2C[C@@H]3O[C@]3(C)CCC[C@H](C)[C@H](O)[C@@H](C)C(=O)C(C)(C)[C@@H](O)CC(=O)O2)nn1C. The second-order valence-electron chi connectivity index (χ2n) is 11.7. The molecule has 2 aliphatic rings. The molecule has 208 valence electrons. The first-order chi connectivity index (χ1) is 17.2. The Morgan fingerprint density at radius 3 is 2.54 bits per heavy atom. The summed E-state index contributed by atoms with van der Waals surface area (Å²) in [5.74, 6) is -1.57. The van der Waals surface area contributed by atoms with Crippen LogP contribution in [0.1, 0.15) is 79.3 Å². The lowest BCUT2D eigenvalue weighted by atomic mass is 9.73. The largest absolute Gasteiger partial charge is 0.458 e. The highest BCUT2D eigenvalue weighted by atomic mass is 32.2. The van der Waals surface area contributed by atoms with Gasteiger partial charge in [-0.2, -0.15) is 5.10 Å². The van der Waals surface area contributed by atoms with Crippen molar-refractivity contribution in [3.63, 3.8) is 0 Å². The Balaban J connectivity index is 1.87. The molecule has 2 fully saturated rings. The molecular formula is C28H44N2O6S. The summed E-state index contributed by atoms with van der Waals surface area (Å²) in [4.78, 5) is 26.3. The van der Waals surface area contributed by atoms with Gasteiger partial charge >= 0.3 is 5.97 Å². The predicted molar refractivity (Wildman–Crippen MR) is 144 cm³/mol. The minimum Gasteiger partial charge on any atom is -0.458 e. The van der Waals surface area contributed by atoms with E-state index >= 15 is 0 Å². The average Bonchev–Trinajstić information content (AvgIpc) is 3.32. The van der Waals surface area contributed by atoms with E-state index in [0.717, 1.165) is 35.6 Å². The van der Waals surface area contributed by atoms with Crippen LogP contribution >= 0.6 is 11.8 Å². The van der Waals surface area contributed by atoms with Crippen LogP contribution < -0.4 is 0 Å². The van der Waals surface area contributed by atoms with Crippen LogP contribution in [0, 0.1) is 17.3 Å². The number of Topliss-reactive ketones (excluding diaryl/α,β-unsaturated/α-hetero) is 1. The first-order valence-electron chi connectivity index (χ1n) is 13.2. The molecule has 37 heavy (non-hydrogen) atoms. The molecule has 0 aromatic carbocycles. The van der Waals surface area contributed by atoms with Crippen LogP contribution in [0.3, 0.4) is 0 Å². The second-order valence-corrected chi connectivity index (χ2v) is 12.5. The molecular weight excluding hydrogens is 492 g/mol. The smallest absolute Gasteiger partial charge is 0.309 e. The number of epoxide rings is 1. The number of aliphatic hydroxyl groups excluding tert-OH is 2. The number of rotatable bonds is 3. The molecule has 8 nitrogen and oxygen atoms in total. The Labute approximate surface area is 225 Å². The number of carbonyl (C=O) groups is 2. The quantitative estimate of drug-likeness (QED) is 0.336. The summed E-state index contributed by atoms with van der Waals surface area (Å²) in [5.41, 5.74) is 0.0948. The molecule has 0 bridgehead atoms. The topological polar surface area (TPSA) is 114 Å². The number of thioether (sulfide) groups is 1. The number of aromatic nitrogens is 2. The Kier molecular flexibility index (Phi) is 9.36. The van der Waals surface area contributed by atoms with Crippen molar-refractivity contribution in [2.24, 2.45) is 24.3 Å². The van der Waals surface area contributed by atoms with Crippen LogP contribution in [0.5, 0.6) is 0 Å². The van der Waals surface area contributed by atoms with Crippen molar-refractivity contribution in [3.05, 3.63) is 17.3 Å². The van der Waals surface area contributed by atoms with Gasteiger partial charge in [0.15, 0.2) is 0 Å². The number of cyclic esters (lactones) is 1. The van der Waals surface area contributed by atoms with Crippen LogP contribution in [0.2, 0.25) is 0 Å². The van der Waals surface area contributed by atoms with Crippen LogP contribution in [-0.2, 0) is 26.1 Å². The van der Waals surface area contributed by atoms with E-state index in [9.17, 15) is 19.8 Å². The lowest BCUT2D eigenvalue weighted by molar-refractivity contribution is -0.154. The molecule has 2 N–H and O–H groups in total. The molecule has 0 spiro atoms. The number of nitrogens with zero attached hydrogens (tertiary/aromatic N) is 2. The van der Waals surface area contributed by atoms with E-state index in [4.69, 9.17) is 9.47 Å². The Hall–Kier alpha value is -1.68. The van der Waals surface area contributed by atoms with Crippen LogP contribution in [0.25, 0.3) is 6.08 Å². The molecule has 9 heteroatoms. The number of hydrogen-bond acceptors (Lipinski definition) is 8. The molecule has 0 radical (unpaired) electrons. The molecule has 1 aromatic heterocycles. The molecule has 3 rings (SSSR count). The molecule has 1 aromatic rings. The maximum absolute atomic E-state index is 13.3. The fourth-order valence-corrected chi connectivity index (χ4v) is 5.90. The minimum absolute atomic E-state index is 0.0610. The summed E-state index contributed by atoms with van der Waals surface area (Å²) in [6, 6.07) is 1.98. The molecule has 0 aliphatic carbocycles. The lowest BCUT2D eigenvalue weighted by Gasteiger charge is -2.34. The summed E-state index contributed by atoms with van der Waals surface area (Å²) in [6.45, 7) is 10.9. The first-order valence-corrected chi connectivity index (χ1v) is 14.5. The fourth-order valence-electron chi connectivity index (χ4n) is 5.35. The summed E-state index contributed by atoms with van der Waals surface area (Å²) in [6.07, 6.45) is 3.87. The number of esters is 1. The Morgan fingerprint density at radius 2 is 1.92 bits per heavy atom. The molecule has 0 unspecified atom stereocenters. The van der Waals surface area contributed by atoms with Crippen LogP contribution in [0.15, 0.2) is 16.7 Å². The van der Waals surface area contributed by atoms with Gasteiger partial charge in [-0.15, -0.1) is 11.8 Å². The molecule has 3 heterocycles. The zero-order valence-corrected chi connectivity index (χ0v) is 24.3. The number of carbonyl (C=O) groups excluding carboxylic acids is 2. The van der Waals surface area contributed by atoms with Crippen molar-refractivity contribution in [1.29, 1.82) is 0 Å². The van der Waals surface area contributed by atoms with Gasteiger partial charge in [0.25, 0.3) is 0 Å². The van der Waals surface area contributed by atoms with E-state index in [2.05, 4.69) is 12.0 Å². The van der Waals surface area contributed by atoms with Gasteiger partial charge in [0, 0.05) is 19.4 Å². The van der Waals surface area contributed by atoms with Gasteiger partial charge in [0.1, 0.15) is 11.9 Å². The van der Waals surface area contributed by atoms with Crippen LogP contribution in [-0.4, -0.2) is 68.0 Å². The zero-order valence-electron chi connectivity index (χ0n) is 23.5. The second kappa shape index (κ2) is 11.6. The zero-order chi connectivity index (χ0) is 27.7. The number of hydrogen-bond donors (Lipinski definition) is 2. The number of ketones is 1. The van der Waals surface area contributed by atoms with Gasteiger partial charge < -0.3 is 19.7 Å². The summed E-state index contributed by atoms with van der Waals surface area (Å²) >= 11 is 1.60. The van der Waals surface area contributed by atoms with Crippen LogP contribution in [0.4, 0.5) is 0 Å². The van der Waals surface area contributed by atoms with Gasteiger partial charge in [0.2, 0.25) is 0 Å². The van der Waals surface area contributed by atoms with Crippen molar-refractivity contribution in [1.82, 2.24) is 9.78 Å².